The Morgan fingerprint density at radius 1 is 1.41 bits per heavy atom. The number of hydrogen-bond acceptors (Lipinski definition) is 4. The van der Waals surface area contributed by atoms with E-state index in [1.807, 2.05) is 0 Å². The maximum Gasteiger partial charge on any atom is 0.321 e. The van der Waals surface area contributed by atoms with E-state index in [1.165, 1.54) is 24.3 Å². The number of likely N-dealkylation sites (tertiary alicyclic amines) is 1. The summed E-state index contributed by atoms with van der Waals surface area (Å²) < 4.78 is 18.1. The van der Waals surface area contributed by atoms with Crippen LogP contribution in [0.15, 0.2) is 28.8 Å². The average Bonchev–Trinajstić information content (AvgIpc) is 2.96. The largest absolute Gasteiger partial charge is 0.339 e. The van der Waals surface area contributed by atoms with Gasteiger partial charge < -0.3 is 14.7 Å². The Balaban J connectivity index is 1.63. The topological polar surface area (TPSA) is 71.3 Å². The van der Waals surface area contributed by atoms with Crippen molar-refractivity contribution in [2.45, 2.75) is 25.7 Å². The molecular formula is C15H17FN4O2. The fourth-order valence-corrected chi connectivity index (χ4v) is 2.58. The van der Waals surface area contributed by atoms with Crippen molar-refractivity contribution in [1.82, 2.24) is 15.0 Å². The monoisotopic (exact) mass is 304 g/mol. The van der Waals surface area contributed by atoms with Gasteiger partial charge in [0.15, 0.2) is 5.82 Å². The number of piperidine rings is 1. The van der Waals surface area contributed by atoms with Crippen molar-refractivity contribution >= 4 is 11.7 Å². The van der Waals surface area contributed by atoms with Crippen molar-refractivity contribution in [3.8, 4) is 0 Å². The molecule has 0 spiro atoms. The molecule has 2 heterocycles. The van der Waals surface area contributed by atoms with Crippen LogP contribution in [-0.2, 0) is 0 Å². The Morgan fingerprint density at radius 2 is 2.18 bits per heavy atom. The van der Waals surface area contributed by atoms with Gasteiger partial charge in [-0.05, 0) is 44.0 Å². The van der Waals surface area contributed by atoms with Gasteiger partial charge in [0.1, 0.15) is 5.82 Å². The van der Waals surface area contributed by atoms with E-state index in [-0.39, 0.29) is 17.8 Å². The number of anilines is 1. The minimum Gasteiger partial charge on any atom is -0.339 e. The molecule has 1 fully saturated rings. The summed E-state index contributed by atoms with van der Waals surface area (Å²) in [5.74, 6) is 0.913. The molecule has 22 heavy (non-hydrogen) atoms. The van der Waals surface area contributed by atoms with E-state index in [1.54, 1.807) is 11.8 Å². The highest BCUT2D eigenvalue weighted by Crippen LogP contribution is 2.26. The van der Waals surface area contributed by atoms with E-state index in [2.05, 4.69) is 15.5 Å². The smallest absolute Gasteiger partial charge is 0.321 e. The number of amides is 2. The van der Waals surface area contributed by atoms with Gasteiger partial charge in [0.2, 0.25) is 5.89 Å². The van der Waals surface area contributed by atoms with Gasteiger partial charge in [-0.1, -0.05) is 5.16 Å². The number of nitrogens with one attached hydrogen (secondary N) is 1. The molecule has 1 aliphatic heterocycles. The Labute approximate surface area is 127 Å². The molecule has 1 aromatic heterocycles. The van der Waals surface area contributed by atoms with Crippen LogP contribution in [0.4, 0.5) is 14.9 Å². The van der Waals surface area contributed by atoms with E-state index < -0.39 is 0 Å². The normalized spacial score (nSPS) is 18.3. The first kappa shape index (κ1) is 14.5. The number of carbonyl (C=O) groups excluding carboxylic acids is 1. The van der Waals surface area contributed by atoms with Crippen molar-refractivity contribution in [2.75, 3.05) is 18.4 Å². The molecule has 6 nitrogen and oxygen atoms in total. The molecule has 7 heteroatoms. The first-order valence-electron chi connectivity index (χ1n) is 7.23. The zero-order chi connectivity index (χ0) is 15.5. The van der Waals surface area contributed by atoms with Gasteiger partial charge in [-0.2, -0.15) is 4.98 Å². The highest BCUT2D eigenvalue weighted by atomic mass is 19.1. The molecule has 1 unspecified atom stereocenters. The van der Waals surface area contributed by atoms with E-state index in [0.29, 0.717) is 30.5 Å². The fourth-order valence-electron chi connectivity index (χ4n) is 2.58. The third-order valence-corrected chi connectivity index (χ3v) is 3.70. The van der Waals surface area contributed by atoms with Gasteiger partial charge in [-0.15, -0.1) is 0 Å². The number of urea groups is 1. The summed E-state index contributed by atoms with van der Waals surface area (Å²) in [7, 11) is 0. The SMILES string of the molecule is Cc1noc(C2CCCN(C(=O)Nc3ccc(F)cc3)C2)n1. The van der Waals surface area contributed by atoms with Gasteiger partial charge in [-0.3, -0.25) is 0 Å². The average molecular weight is 304 g/mol. The number of hydrogen-bond donors (Lipinski definition) is 1. The maximum atomic E-state index is 12.9. The summed E-state index contributed by atoms with van der Waals surface area (Å²) >= 11 is 0. The third-order valence-electron chi connectivity index (χ3n) is 3.70. The lowest BCUT2D eigenvalue weighted by atomic mass is 9.98. The van der Waals surface area contributed by atoms with Crippen LogP contribution >= 0.6 is 0 Å². The molecule has 0 saturated carbocycles. The van der Waals surface area contributed by atoms with Gasteiger partial charge in [0.25, 0.3) is 0 Å². The molecule has 0 bridgehead atoms. The minimum atomic E-state index is -0.331. The molecule has 116 valence electrons. The van der Waals surface area contributed by atoms with E-state index >= 15 is 0 Å². The first-order chi connectivity index (χ1) is 10.6. The second-order valence-electron chi connectivity index (χ2n) is 5.40. The number of halogens is 1. The predicted molar refractivity (Wildman–Crippen MR) is 78.0 cm³/mol. The van der Waals surface area contributed by atoms with Crippen molar-refractivity contribution in [3.05, 3.63) is 41.8 Å². The summed E-state index contributed by atoms with van der Waals surface area (Å²) in [4.78, 5) is 18.3. The first-order valence-corrected chi connectivity index (χ1v) is 7.23. The van der Waals surface area contributed by atoms with Crippen molar-refractivity contribution in [1.29, 1.82) is 0 Å². The summed E-state index contributed by atoms with van der Waals surface area (Å²) in [5, 5.41) is 6.57. The van der Waals surface area contributed by atoms with Gasteiger partial charge in [0.05, 0.1) is 5.92 Å². The molecule has 3 rings (SSSR count). The second-order valence-corrected chi connectivity index (χ2v) is 5.40. The molecular weight excluding hydrogens is 287 g/mol. The van der Waals surface area contributed by atoms with E-state index in [4.69, 9.17) is 4.52 Å². The number of benzene rings is 1. The van der Waals surface area contributed by atoms with Crippen LogP contribution in [0.3, 0.4) is 0 Å². The van der Waals surface area contributed by atoms with Crippen LogP contribution in [0.5, 0.6) is 0 Å². The predicted octanol–water partition coefficient (Wildman–Crippen LogP) is 2.93. The van der Waals surface area contributed by atoms with Crippen LogP contribution < -0.4 is 5.32 Å². The summed E-state index contributed by atoms with van der Waals surface area (Å²) in [5.41, 5.74) is 0.571. The van der Waals surface area contributed by atoms with Crippen LogP contribution in [0, 0.1) is 12.7 Å². The fraction of sp³-hybridized carbons (Fsp3) is 0.400. The lowest BCUT2D eigenvalue weighted by molar-refractivity contribution is 0.184. The third kappa shape index (κ3) is 3.24. The van der Waals surface area contributed by atoms with Crippen molar-refractivity contribution in [2.24, 2.45) is 0 Å². The number of carbonyl (C=O) groups is 1. The Morgan fingerprint density at radius 3 is 2.86 bits per heavy atom. The standard InChI is InChI=1S/C15H17FN4O2/c1-10-17-14(22-19-10)11-3-2-8-20(9-11)15(21)18-13-6-4-12(16)5-7-13/h4-7,11H,2-3,8-9H2,1H3,(H,18,21). The van der Waals surface area contributed by atoms with Crippen LogP contribution in [0.25, 0.3) is 0 Å². The number of aromatic nitrogens is 2. The maximum absolute atomic E-state index is 12.9. The van der Waals surface area contributed by atoms with Crippen molar-refractivity contribution < 1.29 is 13.7 Å². The Hall–Kier alpha value is -2.44. The lowest BCUT2D eigenvalue weighted by Gasteiger charge is -2.31. The molecule has 2 amide bonds. The molecule has 1 N–H and O–H groups in total. The van der Waals surface area contributed by atoms with Crippen LogP contribution in [0.2, 0.25) is 0 Å². The highest BCUT2D eigenvalue weighted by molar-refractivity contribution is 5.89. The second kappa shape index (κ2) is 6.13. The lowest BCUT2D eigenvalue weighted by Crippen LogP contribution is -2.41. The molecule has 1 aromatic carbocycles. The van der Waals surface area contributed by atoms with Gasteiger partial charge in [-0.25, -0.2) is 9.18 Å². The molecule has 1 atom stereocenters. The quantitative estimate of drug-likeness (QED) is 0.926. The minimum absolute atomic E-state index is 0.0638. The molecule has 2 aromatic rings. The molecule has 0 radical (unpaired) electrons. The number of nitrogens with zero attached hydrogens (tertiary/aromatic N) is 3. The van der Waals surface area contributed by atoms with Crippen molar-refractivity contribution in [3.63, 3.8) is 0 Å². The zero-order valence-corrected chi connectivity index (χ0v) is 12.3. The molecule has 1 aliphatic rings. The Bertz CT molecular complexity index is 656. The van der Waals surface area contributed by atoms with Gasteiger partial charge in [0, 0.05) is 18.8 Å². The zero-order valence-electron chi connectivity index (χ0n) is 12.3. The number of aryl methyl sites for hydroxylation is 1. The summed E-state index contributed by atoms with van der Waals surface area (Å²) in [6, 6.07) is 5.50. The summed E-state index contributed by atoms with van der Waals surface area (Å²) in [6.07, 6.45) is 1.80. The van der Waals surface area contributed by atoms with Crippen LogP contribution in [-0.4, -0.2) is 34.2 Å². The molecule has 1 saturated heterocycles. The molecule has 0 aliphatic carbocycles. The highest BCUT2D eigenvalue weighted by Gasteiger charge is 2.28. The summed E-state index contributed by atoms with van der Waals surface area (Å²) in [6.45, 7) is 2.99. The van der Waals surface area contributed by atoms with Crippen LogP contribution in [0.1, 0.15) is 30.5 Å². The number of rotatable bonds is 2. The van der Waals surface area contributed by atoms with Gasteiger partial charge >= 0.3 is 6.03 Å². The van der Waals surface area contributed by atoms with E-state index in [0.717, 1.165) is 12.8 Å². The Kier molecular flexibility index (Phi) is 4.04. The van der Waals surface area contributed by atoms with E-state index in [9.17, 15) is 9.18 Å².